The van der Waals surface area contributed by atoms with Gasteiger partial charge in [0.05, 0.1) is 52.9 Å². The summed E-state index contributed by atoms with van der Waals surface area (Å²) in [5.74, 6) is -0.860. The summed E-state index contributed by atoms with van der Waals surface area (Å²) in [5.41, 5.74) is 7.43. The SMILES string of the molecule is CN(CCOCCOCCOCCOCCN(C)c1ccc(C2=C([O-])C(=C3C=CC(=[N+](C)C)C=C3)C2=O)cc1)c1ccc(C2=C([O-])C(=C3C=CC(=[N+](C)C)C=C3)C2=O)cc1. The van der Waals surface area contributed by atoms with Gasteiger partial charge in [-0.15, -0.1) is 0 Å². The number of ether oxygens (including phenoxy) is 4. The van der Waals surface area contributed by atoms with Crippen molar-refractivity contribution in [2.24, 2.45) is 0 Å². The lowest BCUT2D eigenvalue weighted by molar-refractivity contribution is -0.462. The molecule has 2 aromatic carbocycles. The molecular weight excluding hydrogens is 761 g/mol. The first kappa shape index (κ1) is 43.7. The van der Waals surface area contributed by atoms with Crippen molar-refractivity contribution < 1.29 is 47.9 Å². The third-order valence-corrected chi connectivity index (χ3v) is 10.6. The molecule has 0 unspecified atom stereocenters. The summed E-state index contributed by atoms with van der Waals surface area (Å²) in [6, 6.07) is 14.9. The van der Waals surface area contributed by atoms with E-state index in [1.165, 1.54) is 0 Å². The van der Waals surface area contributed by atoms with Crippen LogP contribution in [-0.4, -0.2) is 140 Å². The minimum absolute atomic E-state index is 0.215. The van der Waals surface area contributed by atoms with E-state index in [-0.39, 0.29) is 45.4 Å². The average molecular weight is 815 g/mol. The van der Waals surface area contributed by atoms with Gasteiger partial charge in [0.15, 0.2) is 23.0 Å². The molecule has 0 bridgehead atoms. The molecule has 314 valence electrons. The van der Waals surface area contributed by atoms with Crippen LogP contribution in [0.1, 0.15) is 11.1 Å². The van der Waals surface area contributed by atoms with Gasteiger partial charge in [-0.3, -0.25) is 9.59 Å². The lowest BCUT2D eigenvalue weighted by Crippen LogP contribution is -2.30. The van der Waals surface area contributed by atoms with Crippen LogP contribution < -0.4 is 20.0 Å². The summed E-state index contributed by atoms with van der Waals surface area (Å²) in [5, 5.41) is 25.9. The molecule has 4 aliphatic carbocycles. The standard InChI is InChI=1S/C48H54N4O8/c1-49(2)37-15-7-33(8-16-37)41-45(53)43(46(41)54)35-11-19-39(20-12-35)51(5)23-25-57-27-29-59-31-32-60-30-28-58-26-24-52(6)40-21-13-36(14-22-40)44-47(55)42(48(44)56)34-9-17-38(18-10-34)50(3)4/h7-22H,23-32H2,1-6H3. The maximum Gasteiger partial charge on any atom is 0.199 e. The van der Waals surface area contributed by atoms with Crippen LogP contribution in [0, 0.1) is 0 Å². The topological polar surface area (TPSA) is 130 Å². The van der Waals surface area contributed by atoms with Gasteiger partial charge in [-0.1, -0.05) is 35.8 Å². The summed E-state index contributed by atoms with van der Waals surface area (Å²) >= 11 is 0. The summed E-state index contributed by atoms with van der Waals surface area (Å²) < 4.78 is 26.7. The van der Waals surface area contributed by atoms with E-state index in [9.17, 15) is 19.8 Å². The van der Waals surface area contributed by atoms with E-state index < -0.39 is 0 Å². The fraction of sp³-hybridized carbons (Fsp3) is 0.333. The van der Waals surface area contributed by atoms with Gasteiger partial charge in [0.2, 0.25) is 0 Å². The molecule has 0 heterocycles. The summed E-state index contributed by atoms with van der Waals surface area (Å²) in [4.78, 5) is 30.0. The van der Waals surface area contributed by atoms with Crippen LogP contribution in [0.4, 0.5) is 11.4 Å². The van der Waals surface area contributed by atoms with Crippen molar-refractivity contribution in [1.82, 2.24) is 0 Å². The smallest absolute Gasteiger partial charge is 0.199 e. The molecule has 0 amide bonds. The monoisotopic (exact) mass is 814 g/mol. The van der Waals surface area contributed by atoms with E-state index in [1.807, 2.05) is 149 Å². The largest absolute Gasteiger partial charge is 0.871 e. The third kappa shape index (κ3) is 10.3. The quantitative estimate of drug-likeness (QED) is 0.119. The van der Waals surface area contributed by atoms with Crippen molar-refractivity contribution in [2.45, 2.75) is 0 Å². The highest BCUT2D eigenvalue weighted by Crippen LogP contribution is 2.39. The van der Waals surface area contributed by atoms with Crippen LogP contribution in [0.5, 0.6) is 0 Å². The van der Waals surface area contributed by atoms with Crippen molar-refractivity contribution in [3.05, 3.63) is 142 Å². The highest BCUT2D eigenvalue weighted by molar-refractivity contribution is 6.40. The van der Waals surface area contributed by atoms with Crippen LogP contribution in [0.25, 0.3) is 11.1 Å². The Morgan fingerprint density at radius 3 is 1.03 bits per heavy atom. The van der Waals surface area contributed by atoms with Crippen molar-refractivity contribution in [2.75, 3.05) is 118 Å². The number of ketones is 2. The molecule has 0 saturated carbocycles. The number of allylic oxidation sites excluding steroid dienone is 14. The van der Waals surface area contributed by atoms with Gasteiger partial charge in [0.25, 0.3) is 0 Å². The second kappa shape index (κ2) is 20.4. The van der Waals surface area contributed by atoms with Crippen molar-refractivity contribution >= 4 is 45.5 Å². The number of hydrogen-bond donors (Lipinski definition) is 0. The molecular formula is C48H54N4O8. The zero-order valence-corrected chi connectivity index (χ0v) is 35.4. The molecule has 60 heavy (non-hydrogen) atoms. The fourth-order valence-electron chi connectivity index (χ4n) is 6.88. The molecule has 6 rings (SSSR count). The molecule has 0 fully saturated rings. The first-order valence-electron chi connectivity index (χ1n) is 20.1. The molecule has 2 aromatic rings. The van der Waals surface area contributed by atoms with Gasteiger partial charge >= 0.3 is 0 Å². The number of carbonyl (C=O) groups is 2. The fourth-order valence-corrected chi connectivity index (χ4v) is 6.88. The van der Waals surface area contributed by atoms with Gasteiger partial charge < -0.3 is 39.0 Å². The van der Waals surface area contributed by atoms with Crippen molar-refractivity contribution in [3.63, 3.8) is 0 Å². The lowest BCUT2D eigenvalue weighted by atomic mass is 9.80. The number of benzene rings is 2. The number of hydrogen-bond acceptors (Lipinski definition) is 10. The average Bonchev–Trinajstić information content (AvgIpc) is 3.24. The first-order chi connectivity index (χ1) is 29.0. The first-order valence-corrected chi connectivity index (χ1v) is 20.1. The second-order valence-electron chi connectivity index (χ2n) is 15.1. The van der Waals surface area contributed by atoms with E-state index in [1.54, 1.807) is 0 Å². The molecule has 0 saturated heterocycles. The molecule has 12 heteroatoms. The van der Waals surface area contributed by atoms with Gasteiger partial charge in [0, 0.05) is 85.2 Å². The van der Waals surface area contributed by atoms with Crippen LogP contribution in [0.15, 0.2) is 131 Å². The van der Waals surface area contributed by atoms with Crippen LogP contribution in [0.3, 0.4) is 0 Å². The van der Waals surface area contributed by atoms with Gasteiger partial charge in [-0.25, -0.2) is 9.15 Å². The lowest BCUT2D eigenvalue weighted by Gasteiger charge is -2.32. The summed E-state index contributed by atoms with van der Waals surface area (Å²) in [6.45, 7) is 5.13. The van der Waals surface area contributed by atoms with Crippen molar-refractivity contribution in [1.29, 1.82) is 0 Å². The third-order valence-electron chi connectivity index (χ3n) is 10.6. The maximum absolute atomic E-state index is 12.9. The van der Waals surface area contributed by atoms with Crippen molar-refractivity contribution in [3.8, 4) is 0 Å². The Morgan fingerprint density at radius 2 is 0.750 bits per heavy atom. The molecule has 0 radical (unpaired) electrons. The normalized spacial score (nSPS) is 16.0. The Bertz CT molecular complexity index is 2080. The molecule has 0 atom stereocenters. The van der Waals surface area contributed by atoms with Gasteiger partial charge in [-0.2, -0.15) is 0 Å². The van der Waals surface area contributed by atoms with Gasteiger partial charge in [0.1, 0.15) is 28.2 Å². The number of anilines is 2. The Labute approximate surface area is 352 Å². The number of nitrogens with zero attached hydrogens (tertiary/aromatic N) is 4. The van der Waals surface area contributed by atoms with Crippen LogP contribution >= 0.6 is 0 Å². The number of Topliss-reactive ketones (excluding diaryl/α,β-unsaturated/α-hetero) is 2. The molecule has 0 aromatic heterocycles. The van der Waals surface area contributed by atoms with Crippen LogP contribution in [0.2, 0.25) is 0 Å². The molecule has 0 aliphatic heterocycles. The van der Waals surface area contributed by atoms with E-state index in [0.717, 1.165) is 22.8 Å². The highest BCUT2D eigenvalue weighted by atomic mass is 16.6. The van der Waals surface area contributed by atoms with E-state index in [2.05, 4.69) is 9.80 Å². The zero-order valence-electron chi connectivity index (χ0n) is 35.4. The highest BCUT2D eigenvalue weighted by Gasteiger charge is 2.32. The van der Waals surface area contributed by atoms with Crippen LogP contribution in [-0.2, 0) is 28.5 Å². The minimum Gasteiger partial charge on any atom is -0.871 e. The Morgan fingerprint density at radius 1 is 0.450 bits per heavy atom. The molecule has 4 aliphatic rings. The predicted molar refractivity (Wildman–Crippen MR) is 231 cm³/mol. The molecule has 12 nitrogen and oxygen atoms in total. The number of carbonyl (C=O) groups excluding carboxylic acids is 2. The van der Waals surface area contributed by atoms with E-state index in [4.69, 9.17) is 18.9 Å². The Hall–Kier alpha value is -5.92. The minimum atomic E-state index is -0.215. The number of rotatable bonds is 19. The Kier molecular flexibility index (Phi) is 14.8. The molecule has 0 N–H and O–H groups in total. The molecule has 0 spiro atoms. The van der Waals surface area contributed by atoms with E-state index >= 15 is 0 Å². The van der Waals surface area contributed by atoms with E-state index in [0.29, 0.717) is 88.2 Å². The maximum atomic E-state index is 12.9. The van der Waals surface area contributed by atoms with Gasteiger partial charge in [-0.05, 0) is 70.8 Å². The summed E-state index contributed by atoms with van der Waals surface area (Å²) in [7, 11) is 11.7. The predicted octanol–water partition coefficient (Wildman–Crippen LogP) is 2.91. The summed E-state index contributed by atoms with van der Waals surface area (Å²) in [6.07, 6.45) is 14.9. The second-order valence-corrected chi connectivity index (χ2v) is 15.1. The zero-order chi connectivity index (χ0) is 42.8. The Balaban J connectivity index is 0.785. The number of likely N-dealkylation sites (N-methyl/N-ethyl adjacent to an activating group) is 2.